The maximum absolute atomic E-state index is 13.0. The highest BCUT2D eigenvalue weighted by atomic mass is 31.2. The predicted octanol–water partition coefficient (Wildman–Crippen LogP) is 17.4. The van der Waals surface area contributed by atoms with Crippen LogP contribution in [0.5, 0.6) is 0 Å². The molecule has 0 heterocycles. The fourth-order valence-corrected chi connectivity index (χ4v) is 10.9. The zero-order valence-corrected chi connectivity index (χ0v) is 55.6. The summed E-state index contributed by atoms with van der Waals surface area (Å²) in [4.78, 5) is 72.2. The van der Waals surface area contributed by atoms with Crippen molar-refractivity contribution in [1.82, 2.24) is 0 Å². The minimum absolute atomic E-state index is 0.102. The Morgan fingerprint density at radius 1 is 0.337 bits per heavy atom. The Balaban J connectivity index is 5.26. The van der Waals surface area contributed by atoms with Gasteiger partial charge in [0.05, 0.1) is 26.4 Å². The van der Waals surface area contributed by atoms with Gasteiger partial charge in [-0.1, -0.05) is 254 Å². The minimum atomic E-state index is -4.95. The van der Waals surface area contributed by atoms with E-state index in [-0.39, 0.29) is 25.7 Å². The molecule has 0 aromatic carbocycles. The standard InChI is InChI=1S/C64H124O17P2/c1-9-56(7)42-34-26-18-12-14-19-28-36-44-61(66)74-51-60(81-64(69)47-39-31-23-22-27-35-43-57(8)10-2)53-79-83(72,73)77-49-58(65)48-76-82(70,71)78-52-59(50-75-62(67)45-37-29-21-15-17-25-33-41-55(5)6)80-63(68)46-38-30-20-13-11-16-24-32-40-54(3)4/h54-60,65H,9-53H2,1-8H3,(H,70,71)(H,72,73)/t56?,57?,58-,59+,60+/m0/s1. The number of phosphoric acid groups is 2. The fourth-order valence-electron chi connectivity index (χ4n) is 9.36. The SMILES string of the molecule is CCC(C)CCCCCCCCCCC(=O)OC[C@H](COP(=O)(O)OC[C@@H](O)COP(=O)(O)OC[C@@H](COC(=O)CCCCCCCCCC(C)C)OC(=O)CCCCCCCCCCC(C)C)OC(=O)CCCCCCCCC(C)CC. The van der Waals surface area contributed by atoms with E-state index in [9.17, 15) is 43.2 Å². The molecule has 0 aromatic rings. The van der Waals surface area contributed by atoms with E-state index in [1.807, 2.05) is 0 Å². The summed E-state index contributed by atoms with van der Waals surface area (Å²) in [5.41, 5.74) is 0. The number of rotatable bonds is 61. The lowest BCUT2D eigenvalue weighted by atomic mass is 9.99. The second-order valence-corrected chi connectivity index (χ2v) is 27.5. The number of phosphoric ester groups is 2. The number of hydrogen-bond donors (Lipinski definition) is 3. The van der Waals surface area contributed by atoms with Crippen molar-refractivity contribution in [2.75, 3.05) is 39.6 Å². The van der Waals surface area contributed by atoms with Crippen molar-refractivity contribution in [3.63, 3.8) is 0 Å². The average molecular weight is 1230 g/mol. The Hall–Kier alpha value is -1.94. The first-order chi connectivity index (χ1) is 39.7. The third kappa shape index (κ3) is 56.3. The normalized spacial score (nSPS) is 15.1. The van der Waals surface area contributed by atoms with Crippen molar-refractivity contribution in [3.8, 4) is 0 Å². The first-order valence-electron chi connectivity index (χ1n) is 33.3. The molecule has 7 atom stereocenters. The molecule has 0 fully saturated rings. The number of unbranched alkanes of at least 4 members (excludes halogenated alkanes) is 25. The van der Waals surface area contributed by atoms with E-state index >= 15 is 0 Å². The molecule has 0 aromatic heterocycles. The summed E-state index contributed by atoms with van der Waals surface area (Å²) in [5.74, 6) is 0.778. The summed E-state index contributed by atoms with van der Waals surface area (Å²) < 4.78 is 68.0. The zero-order chi connectivity index (χ0) is 61.8. The molecule has 83 heavy (non-hydrogen) atoms. The first kappa shape index (κ1) is 81.1. The zero-order valence-electron chi connectivity index (χ0n) is 53.8. The third-order valence-corrected chi connectivity index (χ3v) is 17.2. The maximum Gasteiger partial charge on any atom is 0.472 e. The van der Waals surface area contributed by atoms with Crippen LogP contribution in [0, 0.1) is 23.7 Å². The van der Waals surface area contributed by atoms with Crippen LogP contribution in [-0.2, 0) is 65.4 Å². The van der Waals surface area contributed by atoms with E-state index in [0.717, 1.165) is 114 Å². The number of esters is 4. The Morgan fingerprint density at radius 2 is 0.578 bits per heavy atom. The predicted molar refractivity (Wildman–Crippen MR) is 331 cm³/mol. The van der Waals surface area contributed by atoms with Crippen LogP contribution in [0.4, 0.5) is 0 Å². The van der Waals surface area contributed by atoms with Crippen LogP contribution >= 0.6 is 15.6 Å². The molecule has 0 aliphatic rings. The molecule has 0 saturated carbocycles. The summed E-state index contributed by atoms with van der Waals surface area (Å²) in [5, 5.41) is 10.5. The van der Waals surface area contributed by atoms with E-state index in [0.29, 0.717) is 31.6 Å². The topological polar surface area (TPSA) is 237 Å². The summed E-state index contributed by atoms with van der Waals surface area (Å²) in [6.07, 6.45) is 33.6. The lowest BCUT2D eigenvalue weighted by Crippen LogP contribution is -2.30. The molecule has 3 N–H and O–H groups in total. The second-order valence-electron chi connectivity index (χ2n) is 24.6. The number of aliphatic hydroxyl groups is 1. The molecule has 4 unspecified atom stereocenters. The van der Waals surface area contributed by atoms with Crippen LogP contribution in [0.25, 0.3) is 0 Å². The van der Waals surface area contributed by atoms with Crippen molar-refractivity contribution in [1.29, 1.82) is 0 Å². The number of hydrogen-bond acceptors (Lipinski definition) is 15. The van der Waals surface area contributed by atoms with Crippen LogP contribution in [0.15, 0.2) is 0 Å². The van der Waals surface area contributed by atoms with Crippen LogP contribution in [0.3, 0.4) is 0 Å². The van der Waals surface area contributed by atoms with Crippen molar-refractivity contribution < 1.29 is 80.2 Å². The van der Waals surface area contributed by atoms with Crippen LogP contribution in [0.1, 0.15) is 306 Å². The van der Waals surface area contributed by atoms with Gasteiger partial charge in [-0.25, -0.2) is 9.13 Å². The van der Waals surface area contributed by atoms with Crippen LogP contribution < -0.4 is 0 Å². The van der Waals surface area contributed by atoms with Gasteiger partial charge >= 0.3 is 39.5 Å². The van der Waals surface area contributed by atoms with Gasteiger partial charge in [0.25, 0.3) is 0 Å². The van der Waals surface area contributed by atoms with Gasteiger partial charge in [-0.05, 0) is 49.4 Å². The smallest absolute Gasteiger partial charge is 0.462 e. The van der Waals surface area contributed by atoms with E-state index < -0.39 is 97.5 Å². The van der Waals surface area contributed by atoms with Crippen molar-refractivity contribution in [2.45, 2.75) is 324 Å². The summed E-state index contributed by atoms with van der Waals surface area (Å²) in [7, 11) is -9.89. The van der Waals surface area contributed by atoms with E-state index in [1.54, 1.807) is 0 Å². The van der Waals surface area contributed by atoms with Gasteiger partial charge in [0.1, 0.15) is 19.3 Å². The summed E-state index contributed by atoms with van der Waals surface area (Å²) in [6.45, 7) is 13.9. The van der Waals surface area contributed by atoms with Gasteiger partial charge in [0, 0.05) is 25.7 Å². The Labute approximate surface area is 505 Å². The maximum atomic E-state index is 13.0. The number of carbonyl (C=O) groups excluding carboxylic acids is 4. The molecular formula is C64H124O17P2. The molecule has 0 aliphatic heterocycles. The second kappa shape index (κ2) is 54.2. The highest BCUT2D eigenvalue weighted by molar-refractivity contribution is 7.47. The molecule has 17 nitrogen and oxygen atoms in total. The number of ether oxygens (including phenoxy) is 4. The lowest BCUT2D eigenvalue weighted by Gasteiger charge is -2.21. The third-order valence-electron chi connectivity index (χ3n) is 15.3. The molecule has 0 radical (unpaired) electrons. The van der Waals surface area contributed by atoms with Crippen molar-refractivity contribution in [3.05, 3.63) is 0 Å². The molecule has 19 heteroatoms. The van der Waals surface area contributed by atoms with Crippen LogP contribution in [-0.4, -0.2) is 96.7 Å². The van der Waals surface area contributed by atoms with Crippen LogP contribution in [0.2, 0.25) is 0 Å². The van der Waals surface area contributed by atoms with Crippen molar-refractivity contribution >= 4 is 39.5 Å². The van der Waals surface area contributed by atoms with Gasteiger partial charge in [0.2, 0.25) is 0 Å². The van der Waals surface area contributed by atoms with Gasteiger partial charge in [0.15, 0.2) is 12.2 Å². The first-order valence-corrected chi connectivity index (χ1v) is 36.3. The number of carbonyl (C=O) groups is 4. The van der Waals surface area contributed by atoms with Crippen molar-refractivity contribution in [2.24, 2.45) is 23.7 Å². The molecule has 0 rings (SSSR count). The molecule has 0 bridgehead atoms. The highest BCUT2D eigenvalue weighted by Gasteiger charge is 2.30. The molecule has 492 valence electrons. The lowest BCUT2D eigenvalue weighted by molar-refractivity contribution is -0.161. The summed E-state index contributed by atoms with van der Waals surface area (Å²) in [6, 6.07) is 0. The van der Waals surface area contributed by atoms with Gasteiger partial charge in [-0.3, -0.25) is 37.3 Å². The quantitative estimate of drug-likeness (QED) is 0.0222. The number of aliphatic hydroxyl groups excluding tert-OH is 1. The Morgan fingerprint density at radius 3 is 0.855 bits per heavy atom. The Kier molecular flexibility index (Phi) is 53.0. The summed E-state index contributed by atoms with van der Waals surface area (Å²) >= 11 is 0. The van der Waals surface area contributed by atoms with E-state index in [1.165, 1.54) is 103 Å². The van der Waals surface area contributed by atoms with E-state index in [2.05, 4.69) is 55.4 Å². The molecule has 0 spiro atoms. The van der Waals surface area contributed by atoms with Gasteiger partial charge in [-0.15, -0.1) is 0 Å². The van der Waals surface area contributed by atoms with Gasteiger partial charge in [-0.2, -0.15) is 0 Å². The largest absolute Gasteiger partial charge is 0.472 e. The Bertz CT molecular complexity index is 1670. The monoisotopic (exact) mass is 1230 g/mol. The van der Waals surface area contributed by atoms with Gasteiger partial charge < -0.3 is 33.8 Å². The molecule has 0 amide bonds. The molecule has 0 saturated heterocycles. The van der Waals surface area contributed by atoms with E-state index in [4.69, 9.17) is 37.0 Å². The highest BCUT2D eigenvalue weighted by Crippen LogP contribution is 2.45. The molecule has 0 aliphatic carbocycles. The minimum Gasteiger partial charge on any atom is -0.462 e. The average Bonchev–Trinajstić information content (AvgIpc) is 3.44. The fraction of sp³-hybridized carbons (Fsp3) is 0.938. The molecular weight excluding hydrogens is 1100 g/mol.